The van der Waals surface area contributed by atoms with E-state index in [4.69, 9.17) is 22.5 Å². The molecule has 88 valence electrons. The van der Waals surface area contributed by atoms with Crippen LogP contribution in [0.15, 0.2) is 28.8 Å². The van der Waals surface area contributed by atoms with E-state index in [0.717, 1.165) is 11.3 Å². The predicted molar refractivity (Wildman–Crippen MR) is 68.7 cm³/mol. The Morgan fingerprint density at radius 2 is 2.24 bits per heavy atom. The fourth-order valence-corrected chi connectivity index (χ4v) is 1.61. The number of anilines is 1. The molecule has 0 aliphatic carbocycles. The number of hydrogen-bond donors (Lipinski definition) is 2. The fourth-order valence-electron chi connectivity index (χ4n) is 1.43. The van der Waals surface area contributed by atoms with Crippen LogP contribution in [0.3, 0.4) is 0 Å². The van der Waals surface area contributed by atoms with E-state index in [2.05, 4.69) is 15.5 Å². The number of aromatic nitrogens is 2. The maximum Gasteiger partial charge on any atom is 0.245 e. The topological polar surface area (TPSA) is 77.0 Å². The number of aryl methyl sites for hydroxylation is 1. The van der Waals surface area contributed by atoms with Crippen LogP contribution < -0.4 is 11.1 Å². The van der Waals surface area contributed by atoms with E-state index in [9.17, 15) is 0 Å². The van der Waals surface area contributed by atoms with Gasteiger partial charge < -0.3 is 15.6 Å². The van der Waals surface area contributed by atoms with Gasteiger partial charge in [0.1, 0.15) is 4.99 Å². The van der Waals surface area contributed by atoms with Gasteiger partial charge in [-0.05, 0) is 19.1 Å². The van der Waals surface area contributed by atoms with Crippen molar-refractivity contribution in [2.75, 3.05) is 5.32 Å². The van der Waals surface area contributed by atoms with E-state index in [-0.39, 0.29) is 0 Å². The Bertz CT molecular complexity index is 538. The summed E-state index contributed by atoms with van der Waals surface area (Å²) >= 11 is 4.97. The van der Waals surface area contributed by atoms with Gasteiger partial charge in [-0.15, -0.1) is 0 Å². The molecule has 1 heterocycles. The van der Waals surface area contributed by atoms with Crippen molar-refractivity contribution in [2.45, 2.75) is 13.5 Å². The van der Waals surface area contributed by atoms with Crippen LogP contribution >= 0.6 is 12.2 Å². The third-order valence-electron chi connectivity index (χ3n) is 2.19. The van der Waals surface area contributed by atoms with Crippen LogP contribution in [0.2, 0.25) is 0 Å². The van der Waals surface area contributed by atoms with Gasteiger partial charge in [-0.1, -0.05) is 29.5 Å². The molecule has 1 aromatic heterocycles. The summed E-state index contributed by atoms with van der Waals surface area (Å²) in [6, 6.07) is 7.56. The molecule has 0 bridgehead atoms. The average Bonchev–Trinajstić information content (AvgIpc) is 2.73. The molecule has 0 aliphatic rings. The lowest BCUT2D eigenvalue weighted by molar-refractivity contribution is 0.379. The molecule has 2 rings (SSSR count). The Morgan fingerprint density at radius 1 is 1.47 bits per heavy atom. The maximum absolute atomic E-state index is 5.63. The molecule has 5 nitrogen and oxygen atoms in total. The predicted octanol–water partition coefficient (Wildman–Crippen LogP) is 1.62. The minimum atomic E-state index is 0.356. The molecule has 0 saturated heterocycles. The summed E-state index contributed by atoms with van der Waals surface area (Å²) in [6.45, 7) is 2.22. The molecule has 17 heavy (non-hydrogen) atoms. The summed E-state index contributed by atoms with van der Waals surface area (Å²) in [5.74, 6) is 1.14. The molecule has 1 aromatic carbocycles. The zero-order valence-electron chi connectivity index (χ0n) is 9.30. The van der Waals surface area contributed by atoms with Crippen LogP contribution in [0.25, 0.3) is 0 Å². The summed E-state index contributed by atoms with van der Waals surface area (Å²) in [6.07, 6.45) is 0. The smallest absolute Gasteiger partial charge is 0.245 e. The Balaban J connectivity index is 2.11. The van der Waals surface area contributed by atoms with Gasteiger partial charge in [0.25, 0.3) is 0 Å². The summed E-state index contributed by atoms with van der Waals surface area (Å²) in [5.41, 5.74) is 7.29. The minimum Gasteiger partial charge on any atom is -0.389 e. The van der Waals surface area contributed by atoms with Crippen LogP contribution in [0.5, 0.6) is 0 Å². The lowest BCUT2D eigenvalue weighted by atomic mass is 10.2. The Labute approximate surface area is 104 Å². The highest BCUT2D eigenvalue weighted by Crippen LogP contribution is 2.15. The molecular formula is C11H12N4OS. The van der Waals surface area contributed by atoms with Crippen molar-refractivity contribution >= 4 is 22.9 Å². The SMILES string of the molecule is Cc1noc(CNc2ccccc2C(N)=S)n1. The molecule has 0 amide bonds. The summed E-state index contributed by atoms with van der Waals surface area (Å²) in [7, 11) is 0. The van der Waals surface area contributed by atoms with E-state index in [1.54, 1.807) is 6.92 Å². The summed E-state index contributed by atoms with van der Waals surface area (Å²) in [5, 5.41) is 6.87. The van der Waals surface area contributed by atoms with Crippen molar-refractivity contribution in [3.8, 4) is 0 Å². The largest absolute Gasteiger partial charge is 0.389 e. The number of benzene rings is 1. The molecule has 6 heteroatoms. The highest BCUT2D eigenvalue weighted by Gasteiger charge is 2.06. The highest BCUT2D eigenvalue weighted by atomic mass is 32.1. The number of thiocarbonyl (C=S) groups is 1. The van der Waals surface area contributed by atoms with Crippen LogP contribution in [-0.2, 0) is 6.54 Å². The van der Waals surface area contributed by atoms with Crippen molar-refractivity contribution in [2.24, 2.45) is 5.73 Å². The molecule has 0 unspecified atom stereocenters. The molecule has 0 fully saturated rings. The normalized spacial score (nSPS) is 10.2. The lowest BCUT2D eigenvalue weighted by Gasteiger charge is -2.08. The molecule has 0 saturated carbocycles. The standard InChI is InChI=1S/C11H12N4OS/c1-7-14-10(16-15-7)6-13-9-5-3-2-4-8(9)11(12)17/h2-5,13H,6H2,1H3,(H2,12,17). The van der Waals surface area contributed by atoms with Gasteiger partial charge in [0.2, 0.25) is 5.89 Å². The van der Waals surface area contributed by atoms with Gasteiger partial charge in [0.05, 0.1) is 6.54 Å². The van der Waals surface area contributed by atoms with Crippen molar-refractivity contribution in [3.63, 3.8) is 0 Å². The summed E-state index contributed by atoms with van der Waals surface area (Å²) < 4.78 is 5.00. The molecule has 0 radical (unpaired) electrons. The Hall–Kier alpha value is -1.95. The zero-order chi connectivity index (χ0) is 12.3. The van der Waals surface area contributed by atoms with Gasteiger partial charge in [-0.2, -0.15) is 4.98 Å². The minimum absolute atomic E-state index is 0.356. The van der Waals surface area contributed by atoms with E-state index in [1.165, 1.54) is 0 Å². The number of nitrogens with two attached hydrogens (primary N) is 1. The second-order valence-corrected chi connectivity index (χ2v) is 3.94. The summed E-state index contributed by atoms with van der Waals surface area (Å²) in [4.78, 5) is 4.45. The van der Waals surface area contributed by atoms with Crippen molar-refractivity contribution in [3.05, 3.63) is 41.5 Å². The monoisotopic (exact) mass is 248 g/mol. The van der Waals surface area contributed by atoms with Crippen molar-refractivity contribution in [1.82, 2.24) is 10.1 Å². The van der Waals surface area contributed by atoms with Gasteiger partial charge in [-0.25, -0.2) is 0 Å². The second-order valence-electron chi connectivity index (χ2n) is 3.50. The number of nitrogens with zero attached hydrogens (tertiary/aromatic N) is 2. The van der Waals surface area contributed by atoms with Crippen LogP contribution in [0.4, 0.5) is 5.69 Å². The van der Waals surface area contributed by atoms with E-state index in [1.807, 2.05) is 24.3 Å². The highest BCUT2D eigenvalue weighted by molar-refractivity contribution is 7.80. The molecule has 2 aromatic rings. The van der Waals surface area contributed by atoms with Crippen molar-refractivity contribution < 1.29 is 4.52 Å². The van der Waals surface area contributed by atoms with E-state index >= 15 is 0 Å². The maximum atomic E-state index is 5.63. The second kappa shape index (κ2) is 4.92. The third kappa shape index (κ3) is 2.79. The lowest BCUT2D eigenvalue weighted by Crippen LogP contribution is -2.13. The number of rotatable bonds is 4. The van der Waals surface area contributed by atoms with Crippen LogP contribution in [-0.4, -0.2) is 15.1 Å². The molecule has 0 aliphatic heterocycles. The molecule has 0 atom stereocenters. The van der Waals surface area contributed by atoms with Gasteiger partial charge in [0, 0.05) is 11.3 Å². The first kappa shape index (κ1) is 11.5. The Morgan fingerprint density at radius 3 is 2.88 bits per heavy atom. The van der Waals surface area contributed by atoms with Gasteiger partial charge in [-0.3, -0.25) is 0 Å². The van der Waals surface area contributed by atoms with Crippen LogP contribution in [0, 0.1) is 6.92 Å². The van der Waals surface area contributed by atoms with Gasteiger partial charge >= 0.3 is 0 Å². The molecule has 3 N–H and O–H groups in total. The first-order valence-electron chi connectivity index (χ1n) is 5.08. The van der Waals surface area contributed by atoms with Crippen LogP contribution in [0.1, 0.15) is 17.3 Å². The quantitative estimate of drug-likeness (QED) is 0.801. The zero-order valence-corrected chi connectivity index (χ0v) is 10.1. The first-order valence-corrected chi connectivity index (χ1v) is 5.49. The molecule has 0 spiro atoms. The average molecular weight is 248 g/mol. The molecular weight excluding hydrogens is 236 g/mol. The third-order valence-corrected chi connectivity index (χ3v) is 2.41. The fraction of sp³-hybridized carbons (Fsp3) is 0.182. The number of hydrogen-bond acceptors (Lipinski definition) is 5. The first-order chi connectivity index (χ1) is 8.16. The Kier molecular flexibility index (Phi) is 3.34. The number of para-hydroxylation sites is 1. The van der Waals surface area contributed by atoms with E-state index in [0.29, 0.717) is 23.2 Å². The van der Waals surface area contributed by atoms with E-state index < -0.39 is 0 Å². The number of nitrogens with one attached hydrogen (secondary N) is 1. The van der Waals surface area contributed by atoms with Gasteiger partial charge in [0.15, 0.2) is 5.82 Å². The van der Waals surface area contributed by atoms with Crippen molar-refractivity contribution in [1.29, 1.82) is 0 Å².